The summed E-state index contributed by atoms with van der Waals surface area (Å²) in [7, 11) is 1.38. The van der Waals surface area contributed by atoms with E-state index >= 15 is 0 Å². The first-order valence-electron chi connectivity index (χ1n) is 5.97. The van der Waals surface area contributed by atoms with Gasteiger partial charge < -0.3 is 4.74 Å². The van der Waals surface area contributed by atoms with Crippen LogP contribution in [0.15, 0.2) is 0 Å². The topological polar surface area (TPSA) is 43.4 Å². The molecule has 0 aliphatic rings. The number of rotatable bonds is 6. The summed E-state index contributed by atoms with van der Waals surface area (Å²) in [6, 6.07) is 0. The minimum Gasteiger partial charge on any atom is -0.469 e. The van der Waals surface area contributed by atoms with Gasteiger partial charge >= 0.3 is 5.97 Å². The second-order valence-corrected chi connectivity index (χ2v) is 4.88. The van der Waals surface area contributed by atoms with Crippen LogP contribution >= 0.6 is 0 Å². The molecule has 3 nitrogen and oxygen atoms in total. The summed E-state index contributed by atoms with van der Waals surface area (Å²) in [5.41, 5.74) is 0. The highest BCUT2D eigenvalue weighted by atomic mass is 16.5. The van der Waals surface area contributed by atoms with Crippen molar-refractivity contribution in [2.24, 2.45) is 23.7 Å². The first kappa shape index (κ1) is 15.1. The molecule has 0 amide bonds. The maximum atomic E-state index is 11.9. The number of ketones is 1. The predicted octanol–water partition coefficient (Wildman–Crippen LogP) is 2.68. The lowest BCUT2D eigenvalue weighted by Crippen LogP contribution is -2.37. The van der Waals surface area contributed by atoms with Gasteiger partial charge in [-0.2, -0.15) is 0 Å². The fourth-order valence-corrected chi connectivity index (χ4v) is 2.19. The number of carbonyl (C=O) groups is 2. The van der Waals surface area contributed by atoms with E-state index in [1.165, 1.54) is 7.11 Å². The van der Waals surface area contributed by atoms with Crippen molar-refractivity contribution < 1.29 is 14.3 Å². The van der Waals surface area contributed by atoms with E-state index < -0.39 is 0 Å². The molecule has 0 N–H and O–H groups in total. The average Bonchev–Trinajstić information content (AvgIpc) is 2.22. The third kappa shape index (κ3) is 3.62. The molecule has 0 rings (SSSR count). The van der Waals surface area contributed by atoms with Gasteiger partial charge in [0.1, 0.15) is 5.78 Å². The Hall–Kier alpha value is -0.860. The molecule has 0 spiro atoms. The van der Waals surface area contributed by atoms with E-state index in [4.69, 9.17) is 4.74 Å². The second kappa shape index (κ2) is 6.66. The highest BCUT2D eigenvalue weighted by Crippen LogP contribution is 2.30. The molecular formula is C13H24O3. The zero-order chi connectivity index (χ0) is 12.9. The Morgan fingerprint density at radius 1 is 1.00 bits per heavy atom. The maximum absolute atomic E-state index is 11.9. The van der Waals surface area contributed by atoms with Gasteiger partial charge in [0.15, 0.2) is 0 Å². The molecular weight excluding hydrogens is 204 g/mol. The molecule has 3 heteroatoms. The maximum Gasteiger partial charge on any atom is 0.309 e. The van der Waals surface area contributed by atoms with Crippen LogP contribution in [-0.2, 0) is 14.3 Å². The van der Waals surface area contributed by atoms with E-state index in [9.17, 15) is 9.59 Å². The molecule has 2 unspecified atom stereocenters. The van der Waals surface area contributed by atoms with E-state index in [-0.39, 0.29) is 35.4 Å². The van der Waals surface area contributed by atoms with E-state index in [1.807, 2.05) is 34.6 Å². The van der Waals surface area contributed by atoms with Crippen LogP contribution in [0.5, 0.6) is 0 Å². The van der Waals surface area contributed by atoms with Crippen LogP contribution < -0.4 is 0 Å². The fourth-order valence-electron chi connectivity index (χ4n) is 2.19. The van der Waals surface area contributed by atoms with Crippen molar-refractivity contribution in [2.75, 3.05) is 7.11 Å². The number of ether oxygens (including phenoxy) is 1. The standard InChI is InChI=1S/C13H24O3/c1-7-10(14)11(8(2)3)12(9(4)5)13(15)16-6/h8-9,11-12H,7H2,1-6H3. The summed E-state index contributed by atoms with van der Waals surface area (Å²) in [4.78, 5) is 23.7. The Labute approximate surface area is 98.6 Å². The average molecular weight is 228 g/mol. The zero-order valence-electron chi connectivity index (χ0n) is 11.2. The van der Waals surface area contributed by atoms with Gasteiger partial charge in [-0.15, -0.1) is 0 Å². The molecule has 2 atom stereocenters. The zero-order valence-corrected chi connectivity index (χ0v) is 11.2. The minimum atomic E-state index is -0.322. The van der Waals surface area contributed by atoms with Crippen LogP contribution in [-0.4, -0.2) is 18.9 Å². The quantitative estimate of drug-likeness (QED) is 0.656. The highest BCUT2D eigenvalue weighted by molar-refractivity contribution is 5.87. The normalized spacial score (nSPS) is 15.0. The van der Waals surface area contributed by atoms with Crippen molar-refractivity contribution in [3.63, 3.8) is 0 Å². The molecule has 0 aliphatic heterocycles. The van der Waals surface area contributed by atoms with Crippen LogP contribution in [0.1, 0.15) is 41.0 Å². The van der Waals surface area contributed by atoms with Gasteiger partial charge in [0.25, 0.3) is 0 Å². The first-order chi connectivity index (χ1) is 7.36. The second-order valence-electron chi connectivity index (χ2n) is 4.88. The predicted molar refractivity (Wildman–Crippen MR) is 64.0 cm³/mol. The lowest BCUT2D eigenvalue weighted by molar-refractivity contribution is -0.153. The molecule has 0 saturated heterocycles. The Balaban J connectivity index is 5.10. The van der Waals surface area contributed by atoms with Crippen LogP contribution in [0, 0.1) is 23.7 Å². The molecule has 0 fully saturated rings. The van der Waals surface area contributed by atoms with Crippen LogP contribution in [0.3, 0.4) is 0 Å². The molecule has 0 bridgehead atoms. The van der Waals surface area contributed by atoms with E-state index in [0.717, 1.165) is 0 Å². The number of carbonyl (C=O) groups excluding carboxylic acids is 2. The lowest BCUT2D eigenvalue weighted by Gasteiger charge is -2.29. The van der Waals surface area contributed by atoms with Crippen molar-refractivity contribution in [1.29, 1.82) is 0 Å². The SMILES string of the molecule is CCC(=O)C(C(C)C)C(C(=O)OC)C(C)C. The van der Waals surface area contributed by atoms with Gasteiger partial charge in [0.05, 0.1) is 13.0 Å². The molecule has 0 radical (unpaired) electrons. The summed E-state index contributed by atoms with van der Waals surface area (Å²) in [6.45, 7) is 9.72. The number of hydrogen-bond acceptors (Lipinski definition) is 3. The molecule has 0 heterocycles. The Morgan fingerprint density at radius 3 is 1.69 bits per heavy atom. The number of Topliss-reactive ketones (excluding diaryl/α,β-unsaturated/α-hetero) is 1. The smallest absolute Gasteiger partial charge is 0.309 e. The first-order valence-corrected chi connectivity index (χ1v) is 5.97. The fraction of sp³-hybridized carbons (Fsp3) is 0.846. The van der Waals surface area contributed by atoms with Crippen molar-refractivity contribution in [2.45, 2.75) is 41.0 Å². The summed E-state index contributed by atoms with van der Waals surface area (Å²) in [6.07, 6.45) is 0.475. The largest absolute Gasteiger partial charge is 0.469 e. The van der Waals surface area contributed by atoms with Gasteiger partial charge in [0, 0.05) is 12.3 Å². The van der Waals surface area contributed by atoms with Crippen LogP contribution in [0.4, 0.5) is 0 Å². The van der Waals surface area contributed by atoms with Gasteiger partial charge in [-0.25, -0.2) is 0 Å². The van der Waals surface area contributed by atoms with Crippen LogP contribution in [0.2, 0.25) is 0 Å². The minimum absolute atomic E-state index is 0.121. The monoisotopic (exact) mass is 228 g/mol. The summed E-state index contributed by atoms with van der Waals surface area (Å²) in [5, 5.41) is 0. The highest BCUT2D eigenvalue weighted by Gasteiger charge is 2.37. The number of hydrogen-bond donors (Lipinski definition) is 0. The molecule has 0 aromatic carbocycles. The van der Waals surface area contributed by atoms with Gasteiger partial charge in [-0.05, 0) is 11.8 Å². The summed E-state index contributed by atoms with van der Waals surface area (Å²) >= 11 is 0. The Bertz CT molecular complexity index is 218. The lowest BCUT2D eigenvalue weighted by atomic mass is 9.74. The molecule has 94 valence electrons. The number of esters is 1. The number of methoxy groups -OCH3 is 1. The van der Waals surface area contributed by atoms with Crippen LogP contribution in [0.25, 0.3) is 0 Å². The Morgan fingerprint density at radius 2 is 1.44 bits per heavy atom. The van der Waals surface area contributed by atoms with E-state index in [1.54, 1.807) is 0 Å². The summed E-state index contributed by atoms with van der Waals surface area (Å²) < 4.78 is 4.81. The molecule has 0 aromatic heterocycles. The van der Waals surface area contributed by atoms with Crippen molar-refractivity contribution in [1.82, 2.24) is 0 Å². The van der Waals surface area contributed by atoms with Gasteiger partial charge in [-0.1, -0.05) is 34.6 Å². The molecule has 0 aromatic rings. The Kier molecular flexibility index (Phi) is 6.31. The summed E-state index contributed by atoms with van der Waals surface area (Å²) in [5.74, 6) is -0.376. The third-order valence-electron chi connectivity index (χ3n) is 3.02. The van der Waals surface area contributed by atoms with Crippen molar-refractivity contribution >= 4 is 11.8 Å². The molecule has 0 aliphatic carbocycles. The molecule has 16 heavy (non-hydrogen) atoms. The van der Waals surface area contributed by atoms with Crippen molar-refractivity contribution in [3.8, 4) is 0 Å². The molecule has 0 saturated carbocycles. The van der Waals surface area contributed by atoms with E-state index in [0.29, 0.717) is 6.42 Å². The van der Waals surface area contributed by atoms with E-state index in [2.05, 4.69) is 0 Å². The van der Waals surface area contributed by atoms with Gasteiger partial charge in [0.2, 0.25) is 0 Å². The van der Waals surface area contributed by atoms with Crippen molar-refractivity contribution in [3.05, 3.63) is 0 Å². The third-order valence-corrected chi connectivity index (χ3v) is 3.02. The van der Waals surface area contributed by atoms with Gasteiger partial charge in [-0.3, -0.25) is 9.59 Å².